The smallest absolute Gasteiger partial charge is 0.228 e. The predicted octanol–water partition coefficient (Wildman–Crippen LogP) is 5.75. The molecule has 8 heteroatoms. The molecule has 0 unspecified atom stereocenters. The Kier molecular flexibility index (Phi) is 6.63. The maximum atomic E-state index is 13.4. The number of nitrogens with one attached hydrogen (secondary N) is 1. The minimum absolute atomic E-state index is 0.209. The molecular weight excluding hydrogens is 474 g/mol. The molecular formula is C29H20F2N4O2. The van der Waals surface area contributed by atoms with E-state index in [-0.39, 0.29) is 17.8 Å². The normalized spacial score (nSPS) is 11.2. The number of aromatic nitrogens is 3. The minimum Gasteiger partial charge on any atom is -0.326 e. The summed E-state index contributed by atoms with van der Waals surface area (Å²) >= 11 is 0. The Morgan fingerprint density at radius 3 is 2.49 bits per heavy atom. The van der Waals surface area contributed by atoms with Crippen LogP contribution in [-0.2, 0) is 11.2 Å². The zero-order valence-electron chi connectivity index (χ0n) is 19.4. The van der Waals surface area contributed by atoms with Gasteiger partial charge in [0.15, 0.2) is 5.78 Å². The van der Waals surface area contributed by atoms with Gasteiger partial charge in [-0.1, -0.05) is 30.3 Å². The molecule has 37 heavy (non-hydrogen) atoms. The Morgan fingerprint density at radius 1 is 0.892 bits per heavy atom. The van der Waals surface area contributed by atoms with Crippen molar-refractivity contribution < 1.29 is 18.4 Å². The lowest BCUT2D eigenvalue weighted by Crippen LogP contribution is -2.15. The number of ketones is 1. The van der Waals surface area contributed by atoms with Crippen LogP contribution < -0.4 is 5.32 Å². The molecule has 5 rings (SSSR count). The predicted molar refractivity (Wildman–Crippen MR) is 138 cm³/mol. The molecule has 3 aromatic carbocycles. The summed E-state index contributed by atoms with van der Waals surface area (Å²) in [6, 6.07) is 20.4. The third-order valence-corrected chi connectivity index (χ3v) is 5.63. The number of nitrogens with zero attached hydrogens (tertiary/aromatic N) is 3. The second-order valence-corrected chi connectivity index (χ2v) is 8.35. The van der Waals surface area contributed by atoms with E-state index in [1.54, 1.807) is 59.7 Å². The largest absolute Gasteiger partial charge is 0.326 e. The van der Waals surface area contributed by atoms with Crippen molar-refractivity contribution in [2.45, 2.75) is 6.42 Å². The first-order chi connectivity index (χ1) is 17.9. The molecule has 0 saturated heterocycles. The van der Waals surface area contributed by atoms with Crippen LogP contribution in [0.5, 0.6) is 0 Å². The fraction of sp³-hybridized carbons (Fsp3) is 0.0345. The first kappa shape index (κ1) is 23.7. The molecule has 6 nitrogen and oxygen atoms in total. The van der Waals surface area contributed by atoms with E-state index in [1.807, 2.05) is 30.3 Å². The lowest BCUT2D eigenvalue weighted by atomic mass is 10.0. The van der Waals surface area contributed by atoms with Crippen LogP contribution >= 0.6 is 0 Å². The Bertz CT molecular complexity index is 1620. The fourth-order valence-electron chi connectivity index (χ4n) is 3.93. The van der Waals surface area contributed by atoms with Crippen LogP contribution in [0.2, 0.25) is 0 Å². The lowest BCUT2D eigenvalue weighted by molar-refractivity contribution is -0.115. The Morgan fingerprint density at radius 2 is 1.70 bits per heavy atom. The second-order valence-electron chi connectivity index (χ2n) is 8.35. The van der Waals surface area contributed by atoms with Gasteiger partial charge in [0, 0.05) is 40.7 Å². The molecule has 0 atom stereocenters. The Labute approximate surface area is 210 Å². The van der Waals surface area contributed by atoms with Gasteiger partial charge in [-0.05, 0) is 54.1 Å². The van der Waals surface area contributed by atoms with Gasteiger partial charge in [0.1, 0.15) is 11.6 Å². The molecule has 0 aliphatic heterocycles. The van der Waals surface area contributed by atoms with Gasteiger partial charge in [-0.15, -0.1) is 0 Å². The van der Waals surface area contributed by atoms with E-state index in [4.69, 9.17) is 0 Å². The van der Waals surface area contributed by atoms with Crippen LogP contribution in [-0.4, -0.2) is 26.5 Å². The van der Waals surface area contributed by atoms with E-state index in [9.17, 15) is 18.4 Å². The number of fused-ring (bicyclic) bond motifs is 1. The number of anilines is 1. The number of carbonyl (C=O) groups excluding carboxylic acids is 2. The van der Waals surface area contributed by atoms with E-state index in [0.717, 1.165) is 34.8 Å². The highest BCUT2D eigenvalue weighted by atomic mass is 19.1. The van der Waals surface area contributed by atoms with E-state index in [2.05, 4.69) is 15.4 Å². The van der Waals surface area contributed by atoms with E-state index in [1.165, 1.54) is 0 Å². The number of hydrogen-bond acceptors (Lipinski definition) is 4. The summed E-state index contributed by atoms with van der Waals surface area (Å²) in [4.78, 5) is 29.9. The number of benzene rings is 3. The first-order valence-corrected chi connectivity index (χ1v) is 11.4. The monoisotopic (exact) mass is 494 g/mol. The van der Waals surface area contributed by atoms with Crippen molar-refractivity contribution >= 4 is 40.6 Å². The summed E-state index contributed by atoms with van der Waals surface area (Å²) in [6.45, 7) is 0. The van der Waals surface area contributed by atoms with Crippen molar-refractivity contribution in [1.82, 2.24) is 14.8 Å². The van der Waals surface area contributed by atoms with Gasteiger partial charge in [-0.2, -0.15) is 5.10 Å². The average Bonchev–Trinajstić information content (AvgIpc) is 3.29. The quantitative estimate of drug-likeness (QED) is 0.292. The third kappa shape index (κ3) is 5.65. The van der Waals surface area contributed by atoms with Crippen LogP contribution in [0.25, 0.3) is 23.2 Å². The maximum Gasteiger partial charge on any atom is 0.228 e. The van der Waals surface area contributed by atoms with Crippen LogP contribution in [0.3, 0.4) is 0 Å². The van der Waals surface area contributed by atoms with E-state index < -0.39 is 17.5 Å². The summed E-state index contributed by atoms with van der Waals surface area (Å²) in [5, 5.41) is 7.92. The second kappa shape index (κ2) is 10.3. The standard InChI is InChI=1S/C29H20F2N4O2/c30-23-12-19(13-24(31)17-23)14-28(36)34-26-6-3-4-20(15-26)29(37)21-7-8-22-18-33-35(27(22)16-21)11-9-25-5-1-2-10-32-25/h1-13,15-18H,14H2,(H,34,36). The average molecular weight is 495 g/mol. The topological polar surface area (TPSA) is 76.9 Å². The SMILES string of the molecule is O=C(Cc1cc(F)cc(F)c1)Nc1cccc(C(=O)c2ccc3cnn(C=Cc4ccccn4)c3c2)c1. The van der Waals surface area contributed by atoms with Crippen molar-refractivity contribution in [3.63, 3.8) is 0 Å². The Hall–Kier alpha value is -4.98. The van der Waals surface area contributed by atoms with E-state index in [0.29, 0.717) is 16.8 Å². The summed E-state index contributed by atoms with van der Waals surface area (Å²) in [7, 11) is 0. The van der Waals surface area contributed by atoms with Gasteiger partial charge in [0.05, 0.1) is 23.8 Å². The van der Waals surface area contributed by atoms with Gasteiger partial charge in [-0.3, -0.25) is 14.6 Å². The molecule has 0 spiro atoms. The lowest BCUT2D eigenvalue weighted by Gasteiger charge is -2.08. The summed E-state index contributed by atoms with van der Waals surface area (Å²) < 4.78 is 28.5. The van der Waals surface area contributed by atoms with Crippen LogP contribution in [0, 0.1) is 11.6 Å². The van der Waals surface area contributed by atoms with Crippen molar-refractivity contribution in [3.8, 4) is 0 Å². The maximum absolute atomic E-state index is 13.4. The van der Waals surface area contributed by atoms with Crippen LogP contribution in [0.1, 0.15) is 27.2 Å². The molecule has 1 amide bonds. The van der Waals surface area contributed by atoms with Crippen molar-refractivity contribution in [3.05, 3.63) is 125 Å². The zero-order valence-corrected chi connectivity index (χ0v) is 19.4. The highest BCUT2D eigenvalue weighted by Crippen LogP contribution is 2.21. The van der Waals surface area contributed by atoms with Crippen molar-refractivity contribution in [2.75, 3.05) is 5.32 Å². The molecule has 2 heterocycles. The van der Waals surface area contributed by atoms with Gasteiger partial charge in [0.25, 0.3) is 0 Å². The van der Waals surface area contributed by atoms with Gasteiger partial charge in [-0.25, -0.2) is 13.5 Å². The number of carbonyl (C=O) groups is 2. The Balaban J connectivity index is 1.34. The highest BCUT2D eigenvalue weighted by Gasteiger charge is 2.13. The molecule has 5 aromatic rings. The van der Waals surface area contributed by atoms with Crippen LogP contribution in [0.15, 0.2) is 91.3 Å². The summed E-state index contributed by atoms with van der Waals surface area (Å²) in [5.41, 5.74) is 2.98. The minimum atomic E-state index is -0.749. The molecule has 0 aliphatic carbocycles. The third-order valence-electron chi connectivity index (χ3n) is 5.63. The molecule has 2 aromatic heterocycles. The molecule has 1 N–H and O–H groups in total. The molecule has 0 radical (unpaired) electrons. The fourth-order valence-corrected chi connectivity index (χ4v) is 3.93. The number of pyridine rings is 1. The highest BCUT2D eigenvalue weighted by molar-refractivity contribution is 6.11. The van der Waals surface area contributed by atoms with Crippen LogP contribution in [0.4, 0.5) is 14.5 Å². The molecule has 0 aliphatic rings. The van der Waals surface area contributed by atoms with Gasteiger partial charge >= 0.3 is 0 Å². The van der Waals surface area contributed by atoms with Gasteiger partial charge in [0.2, 0.25) is 5.91 Å². The van der Waals surface area contributed by atoms with E-state index >= 15 is 0 Å². The summed E-state index contributed by atoms with van der Waals surface area (Å²) in [6.07, 6.45) is 6.81. The molecule has 0 fully saturated rings. The van der Waals surface area contributed by atoms with Crippen molar-refractivity contribution in [2.24, 2.45) is 0 Å². The number of halogens is 2. The number of rotatable bonds is 7. The van der Waals surface area contributed by atoms with Gasteiger partial charge < -0.3 is 5.32 Å². The number of amides is 1. The zero-order chi connectivity index (χ0) is 25.8. The molecule has 182 valence electrons. The first-order valence-electron chi connectivity index (χ1n) is 11.4. The van der Waals surface area contributed by atoms with Crippen molar-refractivity contribution in [1.29, 1.82) is 0 Å². The summed E-state index contributed by atoms with van der Waals surface area (Å²) in [5.74, 6) is -2.19. The molecule has 0 bridgehead atoms. The molecule has 0 saturated carbocycles. The number of hydrogen-bond donors (Lipinski definition) is 1.